The van der Waals surface area contributed by atoms with Gasteiger partial charge in [-0.25, -0.2) is 0 Å². The third-order valence-electron chi connectivity index (χ3n) is 15.0. The van der Waals surface area contributed by atoms with Crippen molar-refractivity contribution < 1.29 is 103 Å². The van der Waals surface area contributed by atoms with E-state index < -0.39 is 210 Å². The van der Waals surface area contributed by atoms with Gasteiger partial charge in [-0.3, -0.25) is 42.7 Å². The Balaban J connectivity index is 7.35. The van der Waals surface area contributed by atoms with Crippen LogP contribution >= 0.6 is 63.2 Å². The number of thioether (sulfide) groups is 2. The van der Waals surface area contributed by atoms with Gasteiger partial charge in [0.1, 0.15) is 24.3 Å². The van der Waals surface area contributed by atoms with Crippen LogP contribution in [-0.2, 0) is 78.1 Å². The van der Waals surface area contributed by atoms with Gasteiger partial charge in [0.05, 0.1) is 52.8 Å². The van der Waals surface area contributed by atoms with E-state index in [9.17, 15) is 67.4 Å². The molecule has 0 fully saturated rings. The van der Waals surface area contributed by atoms with Crippen LogP contribution in [0.25, 0.3) is 0 Å². The zero-order chi connectivity index (χ0) is 76.3. The number of unbranched alkanes of at least 4 members (excludes halogenated alkanes) is 2. The smallest absolute Gasteiger partial charge is 0.328 e. The lowest BCUT2D eigenvalue weighted by molar-refractivity contribution is -0.152. The molecule has 26 nitrogen and oxygen atoms in total. The zero-order valence-corrected chi connectivity index (χ0v) is 73.4. The van der Waals surface area contributed by atoms with E-state index in [4.69, 9.17) is 59.8 Å². The average Bonchev–Trinajstić information content (AvgIpc) is 0.853. The van der Waals surface area contributed by atoms with Gasteiger partial charge in [-0.2, -0.15) is 0 Å². The van der Waals surface area contributed by atoms with Crippen LogP contribution < -0.4 is 21.3 Å². The summed E-state index contributed by atoms with van der Waals surface area (Å²) in [6, 6.07) is 3.44. The number of carboxylic acids is 1. The number of carboxylic acid groups (broad SMARTS) is 1. The van der Waals surface area contributed by atoms with Gasteiger partial charge in [-0.15, -0.1) is 0 Å². The second-order valence-electron chi connectivity index (χ2n) is 29.9. The van der Waals surface area contributed by atoms with Gasteiger partial charge in [0, 0.05) is 13.1 Å². The number of thiocarbonyl (C=S) groups is 2. The zero-order valence-electron chi connectivity index (χ0n) is 62.4. The molecule has 0 radical (unpaired) electrons. The van der Waals surface area contributed by atoms with E-state index in [1.807, 2.05) is 0 Å². The Morgan fingerprint density at radius 1 is 0.480 bits per heavy atom. The fourth-order valence-corrected chi connectivity index (χ4v) is 43.0. The normalized spacial score (nSPS) is 14.7. The number of esters is 2. The lowest BCUT2D eigenvalue weighted by atomic mass is 9.83. The van der Waals surface area contributed by atoms with Crippen molar-refractivity contribution in [1.82, 2.24) is 21.3 Å². The maximum Gasteiger partial charge on any atom is 0.328 e. The van der Waals surface area contributed by atoms with Crippen LogP contribution in [0.1, 0.15) is 133 Å². The molecule has 0 bridgehead atoms. The van der Waals surface area contributed by atoms with Crippen LogP contribution in [0.15, 0.2) is 0 Å². The van der Waals surface area contributed by atoms with E-state index in [-0.39, 0.29) is 21.9 Å². The Morgan fingerprint density at radius 2 is 0.765 bits per heavy atom. The fourth-order valence-electron chi connectivity index (χ4n) is 10.8. The number of carbonyl (C=O) groups is 7. The summed E-state index contributed by atoms with van der Waals surface area (Å²) >= 11 is 12.4. The molecule has 0 aromatic rings. The van der Waals surface area contributed by atoms with E-state index in [0.717, 1.165) is 37.8 Å². The van der Waals surface area contributed by atoms with Crippen molar-refractivity contribution >= 4 is 164 Å². The van der Waals surface area contributed by atoms with Crippen LogP contribution in [0.5, 0.6) is 0 Å². The molecule has 0 aliphatic carbocycles. The molecule has 4 atom stereocenters. The first-order chi connectivity index (χ1) is 44.4. The van der Waals surface area contributed by atoms with Crippen molar-refractivity contribution in [2.24, 2.45) is 17.8 Å². The van der Waals surface area contributed by atoms with E-state index in [1.54, 1.807) is 27.7 Å². The van der Waals surface area contributed by atoms with Gasteiger partial charge in [0.2, 0.25) is 32.4 Å². The van der Waals surface area contributed by atoms with E-state index in [1.165, 1.54) is 27.7 Å². The minimum absolute atomic E-state index is 0.176. The van der Waals surface area contributed by atoms with E-state index in [0.29, 0.717) is 48.5 Å². The first-order valence-corrected chi connectivity index (χ1v) is 58.1. The highest BCUT2D eigenvalue weighted by atomic mass is 32.2. The minimum Gasteiger partial charge on any atom is -0.481 e. The van der Waals surface area contributed by atoms with Gasteiger partial charge in [0.15, 0.2) is 33.3 Å². The number of rotatable bonds is 49. The molecule has 0 aliphatic rings. The topological polar surface area (TPSA) is 377 Å². The second kappa shape index (κ2) is 43.0. The molecular formula is C60H122N4O22P2S4Si6. The van der Waals surface area contributed by atoms with Crippen molar-refractivity contribution in [3.63, 3.8) is 0 Å². The molecule has 0 aliphatic heterocycles. The molecule has 0 aromatic heterocycles. The van der Waals surface area contributed by atoms with Gasteiger partial charge in [0.25, 0.3) is 0 Å². The van der Waals surface area contributed by atoms with E-state index in [2.05, 4.69) is 114 Å². The number of aliphatic carboxylic acids is 1. The standard InChI is InChI=1S/C60H122N4O22P2S4Si6/c1-23-25-35-93(11,12)83-97(19,20)85-95(15,16)37-27-29-61-55(71)59(7,8)63-50(65)48(91-57(89)81-43(3)4)41-46(53(69)79-31-33-87(73,74)75)39-45(52(67)68)40-47(54(70)80-32-34-88(76,77)78)42-49(92-58(90)82-44(5)6)51(66)64-60(9,10)56(72)62-30-28-38-96(17,18)86-98(21,22)84-94(13,14)36-26-24-2/h43-49H,23-42H2,1-22H3,(H,61,71)(H,62,72)(H,63,65)(H,64,66)(H,67,68)(H2,73,74,75)(H2,76,77,78). The van der Waals surface area contributed by atoms with Crippen molar-refractivity contribution in [2.45, 2.75) is 270 Å². The summed E-state index contributed by atoms with van der Waals surface area (Å²) in [7, 11) is -23.0. The number of hydrogen-bond acceptors (Lipinski definition) is 21. The molecule has 4 unspecified atom stereocenters. The predicted octanol–water partition coefficient (Wildman–Crippen LogP) is 11.2. The summed E-state index contributed by atoms with van der Waals surface area (Å²) in [5, 5.41) is 19.4. The lowest BCUT2D eigenvalue weighted by Gasteiger charge is -2.39. The van der Waals surface area contributed by atoms with Crippen LogP contribution in [0.4, 0.5) is 0 Å². The molecule has 0 saturated carbocycles. The van der Waals surface area contributed by atoms with Gasteiger partial charge in [-0.1, -0.05) is 63.1 Å². The monoisotopic (exact) mass is 1610 g/mol. The molecule has 0 spiro atoms. The Kier molecular flexibility index (Phi) is 42.2. The molecule has 9 N–H and O–H groups in total. The first-order valence-electron chi connectivity index (χ1n) is 33.8. The SMILES string of the molecule is CCCC[Si](C)(C)O[Si](C)(C)O[Si](C)(C)CCCNC(=O)C(C)(C)NC(=O)C(CC(CC(CC(CC(SC(=S)OC(C)C)C(=O)NC(C)(C)C(=O)NCCC[Si](C)(C)O[Si](C)(C)O[Si](C)(C)CCCC)C(=O)OCCP(=O)(O)O)C(=O)O)C(=O)OCCP(=O)(O)O)SC(=S)OC(C)C. The summed E-state index contributed by atoms with van der Waals surface area (Å²) in [5.74, 6) is -12.0. The Hall–Kier alpha value is -1.79. The summed E-state index contributed by atoms with van der Waals surface area (Å²) in [4.78, 5) is 138. The molecule has 0 rings (SSSR count). The second-order valence-corrected chi connectivity index (χ2v) is 62.0. The molecule has 0 heterocycles. The van der Waals surface area contributed by atoms with Gasteiger partial charge >= 0.3 is 50.2 Å². The summed E-state index contributed by atoms with van der Waals surface area (Å²) in [6.07, 6.45) is -0.168. The number of carbonyl (C=O) groups excluding carboxylic acids is 6. The van der Waals surface area contributed by atoms with Crippen LogP contribution in [-0.4, -0.2) is 198 Å². The number of amides is 4. The van der Waals surface area contributed by atoms with Crippen LogP contribution in [0, 0.1) is 17.8 Å². The molecule has 0 saturated heterocycles. The fraction of sp³-hybridized carbons (Fsp3) is 0.850. The van der Waals surface area contributed by atoms with Gasteiger partial charge < -0.3 is 81.4 Å². The Labute approximate surface area is 610 Å². The first kappa shape index (κ1) is 96.2. The molecule has 38 heteroatoms. The highest BCUT2D eigenvalue weighted by molar-refractivity contribution is 8.23. The lowest BCUT2D eigenvalue weighted by Crippen LogP contribution is -2.57. The van der Waals surface area contributed by atoms with Crippen LogP contribution in [0.3, 0.4) is 0 Å². The maximum atomic E-state index is 14.7. The quantitative estimate of drug-likeness (QED) is 0.00898. The Bertz CT molecular complexity index is 2540. The molecule has 0 aromatic carbocycles. The Morgan fingerprint density at radius 3 is 1.02 bits per heavy atom. The number of nitrogens with one attached hydrogen (secondary N) is 4. The largest absolute Gasteiger partial charge is 0.481 e. The summed E-state index contributed by atoms with van der Waals surface area (Å²) in [5.41, 5.74) is -3.24. The average molecular weight is 1610 g/mol. The minimum atomic E-state index is -4.77. The van der Waals surface area contributed by atoms with Crippen molar-refractivity contribution in [3.8, 4) is 0 Å². The van der Waals surface area contributed by atoms with Crippen molar-refractivity contribution in [3.05, 3.63) is 0 Å². The third kappa shape index (κ3) is 44.1. The molecular weight excluding hydrogens is 1490 g/mol. The number of hydrogen-bond donors (Lipinski definition) is 9. The van der Waals surface area contributed by atoms with Crippen molar-refractivity contribution in [1.29, 1.82) is 0 Å². The van der Waals surface area contributed by atoms with Crippen LogP contribution in [0.2, 0.25) is 103 Å². The van der Waals surface area contributed by atoms with Crippen molar-refractivity contribution in [2.75, 3.05) is 38.6 Å². The molecule has 572 valence electrons. The highest BCUT2D eigenvalue weighted by Gasteiger charge is 2.44. The van der Waals surface area contributed by atoms with Gasteiger partial charge in [-0.05, 0) is 221 Å². The predicted molar refractivity (Wildman–Crippen MR) is 411 cm³/mol. The summed E-state index contributed by atoms with van der Waals surface area (Å²) in [6.45, 7) is 41.0. The molecule has 4 amide bonds. The molecule has 98 heavy (non-hydrogen) atoms. The number of ether oxygens (including phenoxy) is 4. The maximum absolute atomic E-state index is 14.7. The van der Waals surface area contributed by atoms with E-state index >= 15 is 0 Å². The third-order valence-corrected chi connectivity index (χ3v) is 42.2. The summed E-state index contributed by atoms with van der Waals surface area (Å²) < 4.78 is 72.6. The highest BCUT2D eigenvalue weighted by Crippen LogP contribution is 2.38.